The second-order valence-electron chi connectivity index (χ2n) is 9.66. The molecule has 1 aliphatic rings. The summed E-state index contributed by atoms with van der Waals surface area (Å²) in [4.78, 5) is 23.4. The Kier molecular flexibility index (Phi) is 8.85. The molecule has 2 aromatic carbocycles. The lowest BCUT2D eigenvalue weighted by atomic mass is 10.2. The molecule has 0 radical (unpaired) electrons. The predicted molar refractivity (Wildman–Crippen MR) is 148 cm³/mol. The number of halogens is 2. The molecule has 0 bridgehead atoms. The number of ether oxygens (including phenoxy) is 2. The van der Waals surface area contributed by atoms with Crippen LogP contribution in [0.15, 0.2) is 49.1 Å². The largest absolute Gasteiger partial charge is 0.496 e. The number of hydrogen-bond acceptors (Lipinski definition) is 9. The number of carbonyl (C=O) groups is 1. The van der Waals surface area contributed by atoms with E-state index in [-0.39, 0.29) is 24.9 Å². The number of rotatable bonds is 12. The van der Waals surface area contributed by atoms with Crippen LogP contribution in [0.5, 0.6) is 11.5 Å². The number of nitrogens with zero attached hydrogens (tertiary/aromatic N) is 5. The smallest absolute Gasteiger partial charge is 0.246 e. The van der Waals surface area contributed by atoms with Gasteiger partial charge in [0.05, 0.1) is 48.8 Å². The molecule has 216 valence electrons. The van der Waals surface area contributed by atoms with Crippen LogP contribution >= 0.6 is 0 Å². The van der Waals surface area contributed by atoms with E-state index >= 15 is 0 Å². The van der Waals surface area contributed by atoms with Gasteiger partial charge in [-0.3, -0.25) is 14.4 Å². The predicted octanol–water partition coefficient (Wildman–Crippen LogP) is 3.72. The van der Waals surface area contributed by atoms with Gasteiger partial charge in [-0.15, -0.1) is 0 Å². The molecule has 1 amide bonds. The van der Waals surface area contributed by atoms with E-state index in [1.54, 1.807) is 19.4 Å². The van der Waals surface area contributed by atoms with Gasteiger partial charge in [-0.25, -0.2) is 18.7 Å². The van der Waals surface area contributed by atoms with E-state index in [9.17, 15) is 18.7 Å². The fourth-order valence-corrected chi connectivity index (χ4v) is 4.91. The van der Waals surface area contributed by atoms with Gasteiger partial charge < -0.3 is 25.2 Å². The molecule has 1 aliphatic heterocycles. The summed E-state index contributed by atoms with van der Waals surface area (Å²) in [6.45, 7) is 2.35. The van der Waals surface area contributed by atoms with Crippen LogP contribution < -0.4 is 20.1 Å². The average molecular weight is 568 g/mol. The first kappa shape index (κ1) is 28.2. The Morgan fingerprint density at radius 1 is 1.24 bits per heavy atom. The Labute approximate surface area is 235 Å². The highest BCUT2D eigenvalue weighted by molar-refractivity contribution is 5.96. The number of benzene rings is 2. The van der Waals surface area contributed by atoms with Crippen molar-refractivity contribution in [1.82, 2.24) is 24.6 Å². The third kappa shape index (κ3) is 6.69. The van der Waals surface area contributed by atoms with Crippen LogP contribution in [0.3, 0.4) is 0 Å². The molecule has 3 heterocycles. The zero-order valence-electron chi connectivity index (χ0n) is 22.5. The molecule has 1 fully saturated rings. The molecule has 41 heavy (non-hydrogen) atoms. The Morgan fingerprint density at radius 3 is 2.95 bits per heavy atom. The highest BCUT2D eigenvalue weighted by Crippen LogP contribution is 2.35. The summed E-state index contributed by atoms with van der Waals surface area (Å²) in [5, 5.41) is 19.8. The van der Waals surface area contributed by atoms with E-state index in [4.69, 9.17) is 9.47 Å². The van der Waals surface area contributed by atoms with Gasteiger partial charge in [0, 0.05) is 30.9 Å². The number of aliphatic hydroxyl groups excluding tert-OH is 1. The Morgan fingerprint density at radius 2 is 2.12 bits per heavy atom. The molecule has 2 aromatic heterocycles. The lowest BCUT2D eigenvalue weighted by molar-refractivity contribution is -0.116. The van der Waals surface area contributed by atoms with Crippen molar-refractivity contribution in [1.29, 1.82) is 0 Å². The van der Waals surface area contributed by atoms with Gasteiger partial charge in [0.15, 0.2) is 11.6 Å². The first-order chi connectivity index (χ1) is 19.9. The van der Waals surface area contributed by atoms with E-state index < -0.39 is 17.5 Å². The summed E-state index contributed by atoms with van der Waals surface area (Å²) in [6, 6.07) is 7.40. The number of aliphatic hydroxyl groups is 1. The minimum atomic E-state index is -1.12. The lowest BCUT2D eigenvalue weighted by Crippen LogP contribution is -2.33. The third-order valence-corrected chi connectivity index (χ3v) is 6.89. The molecule has 3 N–H and O–H groups in total. The van der Waals surface area contributed by atoms with E-state index in [0.717, 1.165) is 38.4 Å². The highest BCUT2D eigenvalue weighted by atomic mass is 19.2. The molecule has 0 unspecified atom stereocenters. The zero-order chi connectivity index (χ0) is 28.8. The summed E-state index contributed by atoms with van der Waals surface area (Å²) in [7, 11) is 1.55. The van der Waals surface area contributed by atoms with Gasteiger partial charge >= 0.3 is 0 Å². The van der Waals surface area contributed by atoms with Gasteiger partial charge in [-0.1, -0.05) is 6.07 Å². The zero-order valence-corrected chi connectivity index (χ0v) is 22.5. The second kappa shape index (κ2) is 12.9. The van der Waals surface area contributed by atoms with Gasteiger partial charge in [0.1, 0.15) is 30.2 Å². The van der Waals surface area contributed by atoms with Crippen LogP contribution in [0, 0.1) is 11.6 Å². The van der Waals surface area contributed by atoms with E-state index in [2.05, 4.69) is 30.6 Å². The molecular weight excluding hydrogens is 536 g/mol. The minimum absolute atomic E-state index is 0.187. The maximum atomic E-state index is 13.9. The van der Waals surface area contributed by atoms with Crippen LogP contribution in [0.25, 0.3) is 10.9 Å². The number of anilines is 3. The molecule has 5 rings (SSSR count). The molecule has 1 saturated heterocycles. The highest BCUT2D eigenvalue weighted by Gasteiger charge is 2.23. The van der Waals surface area contributed by atoms with Gasteiger partial charge in [0.2, 0.25) is 5.91 Å². The van der Waals surface area contributed by atoms with Crippen molar-refractivity contribution in [2.75, 3.05) is 44.0 Å². The van der Waals surface area contributed by atoms with Crippen LogP contribution in [0.4, 0.5) is 26.0 Å². The van der Waals surface area contributed by atoms with Crippen LogP contribution in [-0.2, 0) is 11.3 Å². The molecule has 11 nitrogen and oxygen atoms in total. The standard InChI is InChI=1S/C28H31F2N7O4/c1-40-24-12-20(41-10-4-9-36-8-3-5-19(36)16-38)11-23-26(24)28(32-17-31-23)34-18-13-33-37(14-18)15-25(39)35-22-7-2-6-21(29)27(22)30/h2,6-7,11-14,17,19,38H,3-5,8-10,15-16H2,1H3,(H,35,39)(H,31,32,34)/t19-/m1/s1. The number of carbonyl (C=O) groups excluding carboxylic acids is 1. The SMILES string of the molecule is COc1cc(OCCCN2CCC[C@@H]2CO)cc2ncnc(Nc3cnn(CC(=O)Nc4cccc(F)c4F)c3)c12. The van der Waals surface area contributed by atoms with Crippen LogP contribution in [-0.4, -0.2) is 75.1 Å². The fourth-order valence-electron chi connectivity index (χ4n) is 4.91. The monoisotopic (exact) mass is 567 g/mol. The van der Waals surface area contributed by atoms with E-state index in [0.29, 0.717) is 40.5 Å². The molecule has 0 saturated carbocycles. The Hall–Kier alpha value is -4.36. The minimum Gasteiger partial charge on any atom is -0.496 e. The number of amides is 1. The van der Waals surface area contributed by atoms with Crippen LogP contribution in [0.1, 0.15) is 19.3 Å². The van der Waals surface area contributed by atoms with Crippen molar-refractivity contribution < 1.29 is 28.2 Å². The quantitative estimate of drug-likeness (QED) is 0.220. The summed E-state index contributed by atoms with van der Waals surface area (Å²) in [5.41, 5.74) is 0.908. The van der Waals surface area contributed by atoms with Crippen molar-refractivity contribution in [3.63, 3.8) is 0 Å². The lowest BCUT2D eigenvalue weighted by Gasteiger charge is -2.22. The van der Waals surface area contributed by atoms with Crippen molar-refractivity contribution >= 4 is 34.0 Å². The van der Waals surface area contributed by atoms with Crippen molar-refractivity contribution in [3.8, 4) is 11.5 Å². The van der Waals surface area contributed by atoms with Gasteiger partial charge in [0.25, 0.3) is 0 Å². The fraction of sp³-hybridized carbons (Fsp3) is 0.357. The number of aromatic nitrogens is 4. The van der Waals surface area contributed by atoms with Crippen molar-refractivity contribution in [2.45, 2.75) is 31.8 Å². The molecule has 0 spiro atoms. The second-order valence-corrected chi connectivity index (χ2v) is 9.66. The summed E-state index contributed by atoms with van der Waals surface area (Å²) < 4.78 is 40.3. The van der Waals surface area contributed by atoms with Gasteiger partial charge in [-0.05, 0) is 37.9 Å². The van der Waals surface area contributed by atoms with Crippen molar-refractivity contribution in [2.24, 2.45) is 0 Å². The Bertz CT molecular complexity index is 1520. The average Bonchev–Trinajstić information content (AvgIpc) is 3.62. The Balaban J connectivity index is 1.23. The number of fused-ring (bicyclic) bond motifs is 1. The molecule has 0 aliphatic carbocycles. The summed E-state index contributed by atoms with van der Waals surface area (Å²) >= 11 is 0. The molecule has 4 aromatic rings. The number of nitrogens with one attached hydrogen (secondary N) is 2. The molecule has 1 atom stereocenters. The van der Waals surface area contributed by atoms with Crippen molar-refractivity contribution in [3.05, 3.63) is 60.7 Å². The van der Waals surface area contributed by atoms with E-state index in [1.807, 2.05) is 6.07 Å². The normalized spacial score (nSPS) is 15.3. The topological polar surface area (TPSA) is 127 Å². The number of likely N-dealkylation sites (tertiary alicyclic amines) is 1. The third-order valence-electron chi connectivity index (χ3n) is 6.89. The molecule has 13 heteroatoms. The maximum absolute atomic E-state index is 13.9. The van der Waals surface area contributed by atoms with E-state index in [1.165, 1.54) is 29.3 Å². The van der Waals surface area contributed by atoms with Gasteiger partial charge in [-0.2, -0.15) is 5.10 Å². The number of hydrogen-bond donors (Lipinski definition) is 3. The first-order valence-electron chi connectivity index (χ1n) is 13.3. The molecular formula is C28H31F2N7O4. The maximum Gasteiger partial charge on any atom is 0.246 e. The first-order valence-corrected chi connectivity index (χ1v) is 13.3. The summed E-state index contributed by atoms with van der Waals surface area (Å²) in [6.07, 6.45) is 7.48. The number of methoxy groups -OCH3 is 1. The summed E-state index contributed by atoms with van der Waals surface area (Å²) in [5.74, 6) is -1.14. The van der Waals surface area contributed by atoms with Crippen LogP contribution in [0.2, 0.25) is 0 Å².